The van der Waals surface area contributed by atoms with Crippen LogP contribution >= 0.6 is 11.3 Å². The summed E-state index contributed by atoms with van der Waals surface area (Å²) in [4.78, 5) is 6.16. The second kappa shape index (κ2) is 7.54. The number of aryl methyl sites for hydroxylation is 2. The molecular weight excluding hydrogens is 338 g/mol. The zero-order valence-electron chi connectivity index (χ0n) is 14.3. The third-order valence-electron chi connectivity index (χ3n) is 4.29. The van der Waals surface area contributed by atoms with Gasteiger partial charge < -0.3 is 5.11 Å². The van der Waals surface area contributed by atoms with Crippen LogP contribution < -0.4 is 0 Å². The van der Waals surface area contributed by atoms with Gasteiger partial charge in [0, 0.05) is 12.0 Å². The smallest absolute Gasteiger partial charge is 0.115 e. The van der Waals surface area contributed by atoms with E-state index in [-0.39, 0.29) is 0 Å². The molecule has 128 valence electrons. The Balaban J connectivity index is 1.67. The van der Waals surface area contributed by atoms with Crippen LogP contribution in [-0.2, 0) is 12.8 Å². The summed E-state index contributed by atoms with van der Waals surface area (Å²) in [6, 6.07) is 28.3. The van der Waals surface area contributed by atoms with Crippen LogP contribution in [0.25, 0.3) is 21.7 Å². The normalized spacial score (nSPS) is 10.8. The summed E-state index contributed by atoms with van der Waals surface area (Å²) in [5.74, 6) is 0.316. The largest absolute Gasteiger partial charge is 0.508 e. The first-order valence-electron chi connectivity index (χ1n) is 8.68. The van der Waals surface area contributed by atoms with Crippen LogP contribution in [0, 0.1) is 0 Å². The molecular formula is C23H19NOS. The molecule has 4 rings (SSSR count). The Hall–Kier alpha value is -2.91. The van der Waals surface area contributed by atoms with E-state index >= 15 is 0 Å². The molecule has 0 bridgehead atoms. The van der Waals surface area contributed by atoms with E-state index in [1.165, 1.54) is 10.4 Å². The van der Waals surface area contributed by atoms with Gasteiger partial charge in [-0.05, 0) is 29.7 Å². The first-order chi connectivity index (χ1) is 12.8. The van der Waals surface area contributed by atoms with Crippen LogP contribution in [-0.4, -0.2) is 10.1 Å². The Labute approximate surface area is 157 Å². The fourth-order valence-electron chi connectivity index (χ4n) is 3.01. The number of aromatic nitrogens is 1. The maximum atomic E-state index is 9.64. The maximum absolute atomic E-state index is 9.64. The van der Waals surface area contributed by atoms with Crippen molar-refractivity contribution in [2.75, 3.05) is 0 Å². The van der Waals surface area contributed by atoms with Crippen LogP contribution in [0.1, 0.15) is 10.6 Å². The van der Waals surface area contributed by atoms with E-state index in [0.717, 1.165) is 34.7 Å². The number of nitrogens with zero attached hydrogens (tertiary/aromatic N) is 1. The zero-order chi connectivity index (χ0) is 17.8. The van der Waals surface area contributed by atoms with Crippen LogP contribution in [0.3, 0.4) is 0 Å². The van der Waals surface area contributed by atoms with Gasteiger partial charge in [0.15, 0.2) is 0 Å². The highest BCUT2D eigenvalue weighted by molar-refractivity contribution is 7.15. The van der Waals surface area contributed by atoms with Crippen molar-refractivity contribution in [3.8, 4) is 27.4 Å². The van der Waals surface area contributed by atoms with Gasteiger partial charge in [-0.25, -0.2) is 4.98 Å². The minimum atomic E-state index is 0.316. The molecule has 1 aromatic heterocycles. The molecule has 0 aliphatic rings. The quantitative estimate of drug-likeness (QED) is 0.477. The summed E-state index contributed by atoms with van der Waals surface area (Å²) in [5.41, 5.74) is 4.52. The van der Waals surface area contributed by atoms with E-state index in [2.05, 4.69) is 48.5 Å². The van der Waals surface area contributed by atoms with Gasteiger partial charge in [-0.3, -0.25) is 0 Å². The van der Waals surface area contributed by atoms with E-state index in [9.17, 15) is 5.11 Å². The Kier molecular flexibility index (Phi) is 4.80. The number of aromatic hydroxyl groups is 1. The lowest BCUT2D eigenvalue weighted by molar-refractivity contribution is 0.474. The summed E-state index contributed by atoms with van der Waals surface area (Å²) >= 11 is 1.76. The van der Waals surface area contributed by atoms with Crippen LogP contribution in [0.4, 0.5) is 0 Å². The van der Waals surface area contributed by atoms with E-state index in [1.54, 1.807) is 17.4 Å². The van der Waals surface area contributed by atoms with Gasteiger partial charge in [-0.1, -0.05) is 72.8 Å². The van der Waals surface area contributed by atoms with Gasteiger partial charge in [0.25, 0.3) is 0 Å². The summed E-state index contributed by atoms with van der Waals surface area (Å²) in [6.07, 6.45) is 1.73. The average molecular weight is 357 g/mol. The summed E-state index contributed by atoms with van der Waals surface area (Å²) in [6.45, 7) is 0. The predicted octanol–water partition coefficient (Wildman–Crippen LogP) is 5.97. The maximum Gasteiger partial charge on any atom is 0.115 e. The number of hydrogen-bond acceptors (Lipinski definition) is 3. The molecule has 0 saturated heterocycles. The Morgan fingerprint density at radius 3 is 2.12 bits per heavy atom. The summed E-state index contributed by atoms with van der Waals surface area (Å²) in [5, 5.41) is 10.8. The van der Waals surface area contributed by atoms with Crippen molar-refractivity contribution in [3.63, 3.8) is 0 Å². The van der Waals surface area contributed by atoms with Gasteiger partial charge >= 0.3 is 0 Å². The molecule has 26 heavy (non-hydrogen) atoms. The highest BCUT2D eigenvalue weighted by Gasteiger charge is 2.14. The molecule has 2 nitrogen and oxygen atoms in total. The number of rotatable bonds is 5. The standard InChI is InChI=1S/C23H19NOS/c25-20-13-7-8-17(16-20)14-15-21-24-22(18-9-3-1-4-10-18)23(26-21)19-11-5-2-6-12-19/h1-13,16,25H,14-15H2. The van der Waals surface area contributed by atoms with Crippen molar-refractivity contribution in [1.29, 1.82) is 0 Å². The number of benzene rings is 3. The van der Waals surface area contributed by atoms with Crippen molar-refractivity contribution >= 4 is 11.3 Å². The highest BCUT2D eigenvalue weighted by atomic mass is 32.1. The molecule has 1 heterocycles. The lowest BCUT2D eigenvalue weighted by Gasteiger charge is -2.02. The fourth-order valence-corrected chi connectivity index (χ4v) is 4.10. The third-order valence-corrected chi connectivity index (χ3v) is 5.46. The van der Waals surface area contributed by atoms with E-state index < -0.39 is 0 Å². The second-order valence-electron chi connectivity index (χ2n) is 6.19. The number of phenols is 1. The Bertz CT molecular complexity index is 936. The molecule has 0 saturated carbocycles. The lowest BCUT2D eigenvalue weighted by atomic mass is 10.1. The van der Waals surface area contributed by atoms with Crippen LogP contribution in [0.15, 0.2) is 84.9 Å². The van der Waals surface area contributed by atoms with Crippen molar-refractivity contribution in [1.82, 2.24) is 4.98 Å². The first kappa shape index (κ1) is 16.6. The predicted molar refractivity (Wildman–Crippen MR) is 109 cm³/mol. The van der Waals surface area contributed by atoms with Gasteiger partial charge in [-0.2, -0.15) is 0 Å². The molecule has 0 atom stereocenters. The van der Waals surface area contributed by atoms with Crippen molar-refractivity contribution in [2.45, 2.75) is 12.8 Å². The van der Waals surface area contributed by atoms with Crippen LogP contribution in [0.5, 0.6) is 5.75 Å². The molecule has 0 unspecified atom stereocenters. The highest BCUT2D eigenvalue weighted by Crippen LogP contribution is 2.37. The molecule has 0 aliphatic carbocycles. The molecule has 0 spiro atoms. The Morgan fingerprint density at radius 2 is 1.42 bits per heavy atom. The number of hydrogen-bond donors (Lipinski definition) is 1. The lowest BCUT2D eigenvalue weighted by Crippen LogP contribution is -1.90. The fraction of sp³-hybridized carbons (Fsp3) is 0.0870. The summed E-state index contributed by atoms with van der Waals surface area (Å²) < 4.78 is 0. The minimum absolute atomic E-state index is 0.316. The van der Waals surface area contributed by atoms with E-state index in [4.69, 9.17) is 4.98 Å². The van der Waals surface area contributed by atoms with Crippen molar-refractivity contribution in [3.05, 3.63) is 95.5 Å². The van der Waals surface area contributed by atoms with Gasteiger partial charge in [-0.15, -0.1) is 11.3 Å². The molecule has 0 fully saturated rings. The molecule has 0 amide bonds. The molecule has 4 aromatic rings. The van der Waals surface area contributed by atoms with Gasteiger partial charge in [0.1, 0.15) is 5.75 Å². The first-order valence-corrected chi connectivity index (χ1v) is 9.50. The topological polar surface area (TPSA) is 33.1 Å². The molecule has 3 heteroatoms. The van der Waals surface area contributed by atoms with Crippen molar-refractivity contribution < 1.29 is 5.11 Å². The average Bonchev–Trinajstić information content (AvgIpc) is 3.12. The van der Waals surface area contributed by atoms with Crippen molar-refractivity contribution in [2.24, 2.45) is 0 Å². The molecule has 0 aliphatic heterocycles. The van der Waals surface area contributed by atoms with E-state index in [1.807, 2.05) is 30.3 Å². The van der Waals surface area contributed by atoms with Gasteiger partial charge in [0.2, 0.25) is 0 Å². The third kappa shape index (κ3) is 3.68. The molecule has 0 radical (unpaired) electrons. The Morgan fingerprint density at radius 1 is 0.731 bits per heavy atom. The molecule has 3 aromatic carbocycles. The SMILES string of the molecule is Oc1cccc(CCc2nc(-c3ccccc3)c(-c3ccccc3)s2)c1. The molecule has 1 N–H and O–H groups in total. The summed E-state index contributed by atoms with van der Waals surface area (Å²) in [7, 11) is 0. The van der Waals surface area contributed by atoms with Crippen LogP contribution in [0.2, 0.25) is 0 Å². The van der Waals surface area contributed by atoms with Gasteiger partial charge in [0.05, 0.1) is 15.6 Å². The monoisotopic (exact) mass is 357 g/mol. The second-order valence-corrected chi connectivity index (χ2v) is 7.27. The number of thiazole rings is 1. The number of phenolic OH excluding ortho intramolecular Hbond substituents is 1. The minimum Gasteiger partial charge on any atom is -0.508 e. The zero-order valence-corrected chi connectivity index (χ0v) is 15.1. The van der Waals surface area contributed by atoms with E-state index in [0.29, 0.717) is 5.75 Å².